The highest BCUT2D eigenvalue weighted by atomic mass is 16.5. The summed E-state index contributed by atoms with van der Waals surface area (Å²) in [5.41, 5.74) is 1.32. The van der Waals surface area contributed by atoms with Crippen LogP contribution in [0.5, 0.6) is 5.75 Å². The number of esters is 1. The minimum absolute atomic E-state index is 0.0470. The molecule has 0 bridgehead atoms. The number of imide groups is 1. The van der Waals surface area contributed by atoms with Crippen LogP contribution in [0.4, 0.5) is 5.69 Å². The smallest absolute Gasteiger partial charge is 0.308 e. The van der Waals surface area contributed by atoms with Gasteiger partial charge in [-0.25, -0.2) is 4.90 Å². The summed E-state index contributed by atoms with van der Waals surface area (Å²) in [4.78, 5) is 54.3. The minimum atomic E-state index is -0.856. The van der Waals surface area contributed by atoms with Gasteiger partial charge in [-0.15, -0.1) is 0 Å². The van der Waals surface area contributed by atoms with Crippen LogP contribution in [0.25, 0.3) is 0 Å². The van der Waals surface area contributed by atoms with E-state index in [0.717, 1.165) is 42.6 Å². The van der Waals surface area contributed by atoms with E-state index in [-0.39, 0.29) is 30.2 Å². The fourth-order valence-electron chi connectivity index (χ4n) is 5.00. The Balaban J connectivity index is 1.63. The number of ether oxygens (including phenoxy) is 1. The van der Waals surface area contributed by atoms with Gasteiger partial charge >= 0.3 is 5.97 Å². The zero-order valence-corrected chi connectivity index (χ0v) is 19.6. The molecule has 0 spiro atoms. The number of hydrogen-bond acceptors (Lipinski definition) is 5. The van der Waals surface area contributed by atoms with Crippen molar-refractivity contribution < 1.29 is 23.9 Å². The molecule has 0 aromatic heterocycles. The Hall–Kier alpha value is -3.48. The van der Waals surface area contributed by atoms with Crippen molar-refractivity contribution in [3.05, 3.63) is 60.2 Å². The van der Waals surface area contributed by atoms with Crippen molar-refractivity contribution in [2.75, 3.05) is 4.90 Å². The number of carbonyl (C=O) groups is 4. The van der Waals surface area contributed by atoms with Crippen molar-refractivity contribution in [1.82, 2.24) is 4.90 Å². The molecule has 4 rings (SSSR count). The van der Waals surface area contributed by atoms with Crippen LogP contribution in [0.3, 0.4) is 0 Å². The van der Waals surface area contributed by atoms with Crippen LogP contribution in [0.1, 0.15) is 64.0 Å². The number of hydrogen-bond donors (Lipinski definition) is 0. The van der Waals surface area contributed by atoms with Gasteiger partial charge in [0.1, 0.15) is 11.8 Å². The predicted molar refractivity (Wildman–Crippen MR) is 127 cm³/mol. The second kappa shape index (κ2) is 10.2. The molecule has 178 valence electrons. The molecule has 3 amide bonds. The first-order valence-electron chi connectivity index (χ1n) is 11.9. The molecule has 1 heterocycles. The first-order valence-corrected chi connectivity index (χ1v) is 11.9. The number of rotatable bonds is 6. The van der Waals surface area contributed by atoms with Gasteiger partial charge in [0.2, 0.25) is 11.8 Å². The zero-order valence-electron chi connectivity index (χ0n) is 19.6. The van der Waals surface area contributed by atoms with Gasteiger partial charge in [-0.05, 0) is 49.6 Å². The SMILES string of the molecule is CC(=O)Oc1ccc(N2C(=O)CC(N(C(=O)C3CCCCC3)C(C)c3ccccc3)C2=O)cc1. The number of amides is 3. The molecule has 1 aliphatic heterocycles. The predicted octanol–water partition coefficient (Wildman–Crippen LogP) is 4.41. The number of carbonyl (C=O) groups excluding carboxylic acids is 4. The maximum Gasteiger partial charge on any atom is 0.308 e. The molecule has 1 saturated heterocycles. The first-order chi connectivity index (χ1) is 16.4. The summed E-state index contributed by atoms with van der Waals surface area (Å²) >= 11 is 0. The van der Waals surface area contributed by atoms with E-state index in [1.54, 1.807) is 29.2 Å². The summed E-state index contributed by atoms with van der Waals surface area (Å²) in [6.07, 6.45) is 4.70. The molecular weight excluding hydrogens is 432 g/mol. The summed E-state index contributed by atoms with van der Waals surface area (Å²) in [5, 5.41) is 0. The largest absolute Gasteiger partial charge is 0.427 e. The number of anilines is 1. The van der Waals surface area contributed by atoms with E-state index in [0.29, 0.717) is 11.4 Å². The van der Waals surface area contributed by atoms with Crippen molar-refractivity contribution >= 4 is 29.4 Å². The normalized spacial score (nSPS) is 19.7. The Morgan fingerprint density at radius 1 is 0.971 bits per heavy atom. The van der Waals surface area contributed by atoms with Crippen molar-refractivity contribution in [2.45, 2.75) is 64.5 Å². The fourth-order valence-corrected chi connectivity index (χ4v) is 5.00. The molecule has 7 heteroatoms. The highest BCUT2D eigenvalue weighted by Crippen LogP contribution is 2.35. The third-order valence-electron chi connectivity index (χ3n) is 6.72. The van der Waals surface area contributed by atoms with Gasteiger partial charge in [-0.2, -0.15) is 0 Å². The van der Waals surface area contributed by atoms with Gasteiger partial charge in [0.05, 0.1) is 18.2 Å². The second-order valence-corrected chi connectivity index (χ2v) is 9.04. The Morgan fingerprint density at radius 2 is 1.62 bits per heavy atom. The quantitative estimate of drug-likeness (QED) is 0.361. The molecule has 7 nitrogen and oxygen atoms in total. The van der Waals surface area contributed by atoms with Crippen molar-refractivity contribution in [2.24, 2.45) is 5.92 Å². The third-order valence-corrected chi connectivity index (χ3v) is 6.72. The molecule has 2 atom stereocenters. The molecule has 2 unspecified atom stereocenters. The lowest BCUT2D eigenvalue weighted by atomic mass is 9.87. The van der Waals surface area contributed by atoms with E-state index in [1.165, 1.54) is 6.92 Å². The van der Waals surface area contributed by atoms with Crippen LogP contribution in [-0.4, -0.2) is 34.6 Å². The average molecular weight is 463 g/mol. The Labute approximate surface area is 199 Å². The molecule has 1 aliphatic carbocycles. The van der Waals surface area contributed by atoms with Crippen LogP contribution >= 0.6 is 0 Å². The summed E-state index contributed by atoms with van der Waals surface area (Å²) < 4.78 is 5.04. The summed E-state index contributed by atoms with van der Waals surface area (Å²) in [7, 11) is 0. The Bertz CT molecular complexity index is 1060. The van der Waals surface area contributed by atoms with E-state index in [2.05, 4.69) is 0 Å². The van der Waals surface area contributed by atoms with E-state index >= 15 is 0 Å². The van der Waals surface area contributed by atoms with Crippen LogP contribution in [0.2, 0.25) is 0 Å². The summed E-state index contributed by atoms with van der Waals surface area (Å²) in [6.45, 7) is 3.22. The Kier molecular flexibility index (Phi) is 7.10. The highest BCUT2D eigenvalue weighted by Gasteiger charge is 2.47. The Morgan fingerprint density at radius 3 is 2.24 bits per heavy atom. The molecule has 0 N–H and O–H groups in total. The number of nitrogens with zero attached hydrogens (tertiary/aromatic N) is 2. The molecule has 2 fully saturated rings. The lowest BCUT2D eigenvalue weighted by Crippen LogP contribution is -2.49. The van der Waals surface area contributed by atoms with E-state index in [9.17, 15) is 19.2 Å². The van der Waals surface area contributed by atoms with Crippen LogP contribution in [-0.2, 0) is 19.2 Å². The van der Waals surface area contributed by atoms with Gasteiger partial charge in [0.25, 0.3) is 5.91 Å². The van der Waals surface area contributed by atoms with Crippen LogP contribution in [0, 0.1) is 5.92 Å². The van der Waals surface area contributed by atoms with Crippen molar-refractivity contribution in [1.29, 1.82) is 0 Å². The van der Waals surface area contributed by atoms with E-state index in [1.807, 2.05) is 37.3 Å². The summed E-state index contributed by atoms with van der Waals surface area (Å²) in [5.74, 6) is -1.05. The van der Waals surface area contributed by atoms with Gasteiger partial charge in [0.15, 0.2) is 0 Å². The highest BCUT2D eigenvalue weighted by molar-refractivity contribution is 6.23. The molecule has 2 aromatic rings. The van der Waals surface area contributed by atoms with Crippen LogP contribution in [0.15, 0.2) is 54.6 Å². The van der Waals surface area contributed by atoms with Gasteiger partial charge in [-0.3, -0.25) is 19.2 Å². The zero-order chi connectivity index (χ0) is 24.2. The topological polar surface area (TPSA) is 84.0 Å². The number of benzene rings is 2. The maximum atomic E-state index is 13.7. The van der Waals surface area contributed by atoms with Gasteiger partial charge in [-0.1, -0.05) is 49.6 Å². The molecule has 1 saturated carbocycles. The van der Waals surface area contributed by atoms with E-state index < -0.39 is 17.9 Å². The van der Waals surface area contributed by atoms with Gasteiger partial charge < -0.3 is 9.64 Å². The second-order valence-electron chi connectivity index (χ2n) is 9.04. The van der Waals surface area contributed by atoms with Crippen LogP contribution < -0.4 is 9.64 Å². The maximum absolute atomic E-state index is 13.7. The molecular formula is C27H30N2O5. The van der Waals surface area contributed by atoms with E-state index in [4.69, 9.17) is 4.74 Å². The summed E-state index contributed by atoms with van der Waals surface area (Å²) in [6, 6.07) is 14.7. The minimum Gasteiger partial charge on any atom is -0.427 e. The van der Waals surface area contributed by atoms with Crippen molar-refractivity contribution in [3.63, 3.8) is 0 Å². The molecule has 2 aliphatic rings. The lowest BCUT2D eigenvalue weighted by molar-refractivity contribution is -0.145. The molecule has 34 heavy (non-hydrogen) atoms. The lowest BCUT2D eigenvalue weighted by Gasteiger charge is -2.37. The van der Waals surface area contributed by atoms with Crippen molar-refractivity contribution in [3.8, 4) is 5.75 Å². The standard InChI is InChI=1S/C27H30N2O5/c1-18(20-9-5-3-6-10-20)28(26(32)21-11-7-4-8-12-21)24-17-25(31)29(27(24)33)22-13-15-23(16-14-22)34-19(2)30/h3,5-6,9-10,13-16,18,21,24H,4,7-8,11-12,17H2,1-2H3. The van der Waals surface area contributed by atoms with Gasteiger partial charge in [0, 0.05) is 12.8 Å². The average Bonchev–Trinajstić information content (AvgIpc) is 3.13. The monoisotopic (exact) mass is 462 g/mol. The first kappa shape index (κ1) is 23.7. The third kappa shape index (κ3) is 4.88. The molecule has 2 aromatic carbocycles. The fraction of sp³-hybridized carbons (Fsp3) is 0.407. The molecule has 0 radical (unpaired) electrons.